The van der Waals surface area contributed by atoms with E-state index in [1.165, 1.54) is 0 Å². The van der Waals surface area contributed by atoms with E-state index in [9.17, 15) is 0 Å². The molecule has 1 aliphatic rings. The molecule has 3 nitrogen and oxygen atoms in total. The summed E-state index contributed by atoms with van der Waals surface area (Å²) in [6.07, 6.45) is 7.87. The number of allylic oxidation sites excluding steroid dienone is 1. The molecular weight excluding hydrogens is 200 g/mol. The molecular formula is C13H18N2O. The highest BCUT2D eigenvalue weighted by Crippen LogP contribution is 2.27. The summed E-state index contributed by atoms with van der Waals surface area (Å²) in [6.45, 7) is 7.83. The van der Waals surface area contributed by atoms with Crippen LogP contribution in [0.5, 0.6) is 0 Å². The molecule has 2 heterocycles. The first-order chi connectivity index (χ1) is 7.85. The molecule has 3 heteroatoms. The van der Waals surface area contributed by atoms with Crippen LogP contribution in [-0.2, 0) is 0 Å². The second kappa shape index (κ2) is 5.12. The Kier molecular flexibility index (Phi) is 3.57. The summed E-state index contributed by atoms with van der Waals surface area (Å²) in [5, 5.41) is 3.34. The Morgan fingerprint density at radius 3 is 2.81 bits per heavy atom. The summed E-state index contributed by atoms with van der Waals surface area (Å²) in [7, 11) is 0. The van der Waals surface area contributed by atoms with E-state index in [4.69, 9.17) is 4.42 Å². The van der Waals surface area contributed by atoms with Gasteiger partial charge in [-0.25, -0.2) is 4.98 Å². The van der Waals surface area contributed by atoms with E-state index in [0.29, 0.717) is 5.92 Å². The van der Waals surface area contributed by atoms with Crippen LogP contribution in [-0.4, -0.2) is 18.1 Å². The molecule has 0 saturated carbocycles. The van der Waals surface area contributed by atoms with Gasteiger partial charge < -0.3 is 9.73 Å². The Morgan fingerprint density at radius 1 is 1.44 bits per heavy atom. The van der Waals surface area contributed by atoms with Crippen molar-refractivity contribution in [3.05, 3.63) is 30.0 Å². The highest BCUT2D eigenvalue weighted by atomic mass is 16.4. The Bertz CT molecular complexity index is 387. The van der Waals surface area contributed by atoms with Crippen LogP contribution >= 0.6 is 0 Å². The number of hydrogen-bond donors (Lipinski definition) is 1. The number of oxazole rings is 1. The van der Waals surface area contributed by atoms with Crippen molar-refractivity contribution in [2.75, 3.05) is 13.1 Å². The fourth-order valence-corrected chi connectivity index (χ4v) is 2.03. The second-order valence-electron chi connectivity index (χ2n) is 4.03. The van der Waals surface area contributed by atoms with E-state index < -0.39 is 0 Å². The van der Waals surface area contributed by atoms with Crippen LogP contribution < -0.4 is 5.32 Å². The van der Waals surface area contributed by atoms with Gasteiger partial charge in [-0.2, -0.15) is 0 Å². The Balaban J connectivity index is 2.23. The van der Waals surface area contributed by atoms with Crippen LogP contribution in [0, 0.1) is 0 Å². The minimum Gasteiger partial charge on any atom is -0.440 e. The van der Waals surface area contributed by atoms with Crippen LogP contribution in [0.15, 0.2) is 17.1 Å². The monoisotopic (exact) mass is 218 g/mol. The predicted octanol–water partition coefficient (Wildman–Crippen LogP) is 2.82. The van der Waals surface area contributed by atoms with Crippen LogP contribution in [0.3, 0.4) is 0 Å². The van der Waals surface area contributed by atoms with Gasteiger partial charge in [0.25, 0.3) is 0 Å². The molecule has 1 fully saturated rings. The van der Waals surface area contributed by atoms with E-state index in [2.05, 4.69) is 16.9 Å². The third-order valence-electron chi connectivity index (χ3n) is 2.90. The van der Waals surface area contributed by atoms with E-state index in [1.54, 1.807) is 6.08 Å². The Hall–Kier alpha value is -1.35. The summed E-state index contributed by atoms with van der Waals surface area (Å²) in [6, 6.07) is 0. The lowest BCUT2D eigenvalue weighted by Gasteiger charge is -2.19. The molecule has 1 aliphatic heterocycles. The molecule has 0 amide bonds. The molecule has 86 valence electrons. The number of rotatable bonds is 3. The highest BCUT2D eigenvalue weighted by molar-refractivity contribution is 5.57. The van der Waals surface area contributed by atoms with Crippen LogP contribution in [0.2, 0.25) is 0 Å². The standard InChI is InChI=1S/C13H18N2O/c1-3-5-11-12(4-2)16-13(15-11)10-6-8-14-9-7-10/h3-5,10,14H,2,6-9H2,1H3/b5-3-. The molecule has 0 bridgehead atoms. The van der Waals surface area contributed by atoms with Crippen molar-refractivity contribution >= 4 is 12.2 Å². The minimum atomic E-state index is 0.457. The molecule has 2 rings (SSSR count). The van der Waals surface area contributed by atoms with Crippen molar-refractivity contribution in [1.29, 1.82) is 0 Å². The number of nitrogens with zero attached hydrogens (tertiary/aromatic N) is 1. The lowest BCUT2D eigenvalue weighted by atomic mass is 9.98. The largest absolute Gasteiger partial charge is 0.440 e. The van der Waals surface area contributed by atoms with Crippen molar-refractivity contribution < 1.29 is 4.42 Å². The third-order valence-corrected chi connectivity index (χ3v) is 2.90. The topological polar surface area (TPSA) is 38.1 Å². The average Bonchev–Trinajstić information content (AvgIpc) is 2.74. The van der Waals surface area contributed by atoms with Gasteiger partial charge in [-0.05, 0) is 45.0 Å². The zero-order valence-electron chi connectivity index (χ0n) is 9.70. The molecule has 0 radical (unpaired) electrons. The zero-order chi connectivity index (χ0) is 11.4. The summed E-state index contributed by atoms with van der Waals surface area (Å²) >= 11 is 0. The highest BCUT2D eigenvalue weighted by Gasteiger charge is 2.21. The van der Waals surface area contributed by atoms with Gasteiger partial charge in [0.2, 0.25) is 0 Å². The lowest BCUT2D eigenvalue weighted by Crippen LogP contribution is -2.26. The number of piperidine rings is 1. The van der Waals surface area contributed by atoms with Gasteiger partial charge in [-0.3, -0.25) is 0 Å². The maximum atomic E-state index is 5.75. The minimum absolute atomic E-state index is 0.457. The van der Waals surface area contributed by atoms with E-state index >= 15 is 0 Å². The summed E-state index contributed by atoms with van der Waals surface area (Å²) in [4.78, 5) is 4.54. The van der Waals surface area contributed by atoms with Crippen LogP contribution in [0.1, 0.15) is 43.0 Å². The molecule has 1 N–H and O–H groups in total. The van der Waals surface area contributed by atoms with Gasteiger partial charge in [0, 0.05) is 5.92 Å². The third kappa shape index (κ3) is 2.25. The molecule has 1 saturated heterocycles. The molecule has 1 aromatic heterocycles. The van der Waals surface area contributed by atoms with Gasteiger partial charge in [-0.1, -0.05) is 12.7 Å². The van der Waals surface area contributed by atoms with Crippen molar-refractivity contribution in [1.82, 2.24) is 10.3 Å². The summed E-state index contributed by atoms with van der Waals surface area (Å²) in [5.41, 5.74) is 0.894. The van der Waals surface area contributed by atoms with E-state index in [0.717, 1.165) is 43.3 Å². The summed E-state index contributed by atoms with van der Waals surface area (Å²) in [5.74, 6) is 2.11. The van der Waals surface area contributed by atoms with Gasteiger partial charge in [0.1, 0.15) is 5.69 Å². The van der Waals surface area contributed by atoms with Crippen molar-refractivity contribution in [3.8, 4) is 0 Å². The zero-order valence-corrected chi connectivity index (χ0v) is 9.70. The Labute approximate surface area is 96.3 Å². The first-order valence-electron chi connectivity index (χ1n) is 5.81. The molecule has 1 aromatic rings. The van der Waals surface area contributed by atoms with Crippen molar-refractivity contribution in [2.24, 2.45) is 0 Å². The fourth-order valence-electron chi connectivity index (χ4n) is 2.03. The number of nitrogens with one attached hydrogen (secondary N) is 1. The van der Waals surface area contributed by atoms with Gasteiger partial charge in [0.05, 0.1) is 0 Å². The Morgan fingerprint density at radius 2 is 2.19 bits per heavy atom. The van der Waals surface area contributed by atoms with Gasteiger partial charge >= 0.3 is 0 Å². The van der Waals surface area contributed by atoms with Crippen LogP contribution in [0.25, 0.3) is 12.2 Å². The average molecular weight is 218 g/mol. The molecule has 0 aromatic carbocycles. The maximum absolute atomic E-state index is 5.75. The maximum Gasteiger partial charge on any atom is 0.198 e. The van der Waals surface area contributed by atoms with E-state index in [1.807, 2.05) is 19.1 Å². The molecule has 16 heavy (non-hydrogen) atoms. The first kappa shape index (κ1) is 11.1. The van der Waals surface area contributed by atoms with Crippen molar-refractivity contribution in [2.45, 2.75) is 25.7 Å². The fraction of sp³-hybridized carbons (Fsp3) is 0.462. The smallest absolute Gasteiger partial charge is 0.198 e. The number of aromatic nitrogens is 1. The van der Waals surface area contributed by atoms with Crippen LogP contribution in [0.4, 0.5) is 0 Å². The van der Waals surface area contributed by atoms with Gasteiger partial charge in [0.15, 0.2) is 11.7 Å². The molecule has 0 aliphatic carbocycles. The molecule has 0 spiro atoms. The van der Waals surface area contributed by atoms with Gasteiger partial charge in [-0.15, -0.1) is 0 Å². The second-order valence-corrected chi connectivity index (χ2v) is 4.03. The quantitative estimate of drug-likeness (QED) is 0.847. The first-order valence-corrected chi connectivity index (χ1v) is 5.81. The van der Waals surface area contributed by atoms with E-state index in [-0.39, 0.29) is 0 Å². The SMILES string of the molecule is C=Cc1oc(C2CCNCC2)nc1/C=C\C. The lowest BCUT2D eigenvalue weighted by molar-refractivity contribution is 0.372. The molecule has 0 unspecified atom stereocenters. The van der Waals surface area contributed by atoms with Crippen molar-refractivity contribution in [3.63, 3.8) is 0 Å². The predicted molar refractivity (Wildman–Crippen MR) is 66.1 cm³/mol. The summed E-state index contributed by atoms with van der Waals surface area (Å²) < 4.78 is 5.75. The molecule has 0 atom stereocenters. The normalized spacial score (nSPS) is 18.1. The number of hydrogen-bond acceptors (Lipinski definition) is 3.